The van der Waals surface area contributed by atoms with Gasteiger partial charge in [-0.25, -0.2) is 0 Å². The second-order valence-electron chi connectivity index (χ2n) is 2.40. The van der Waals surface area contributed by atoms with Crippen LogP contribution < -0.4 is 5.73 Å². The summed E-state index contributed by atoms with van der Waals surface area (Å²) in [6.45, 7) is 2.01. The van der Waals surface area contributed by atoms with Crippen molar-refractivity contribution in [1.82, 2.24) is 4.98 Å². The lowest BCUT2D eigenvalue weighted by molar-refractivity contribution is 1.24. The number of rotatable bonds is 3. The molecule has 1 heterocycles. The standard InChI is InChI=1S/C9H12N4S/c1-2-14-9(10)13-12-7-8-4-3-5-11-6-8/h3-7H,2H2,1H3,(H2,10,13). The highest BCUT2D eigenvalue weighted by Gasteiger charge is 1.88. The summed E-state index contributed by atoms with van der Waals surface area (Å²) < 4.78 is 0. The van der Waals surface area contributed by atoms with Gasteiger partial charge in [0, 0.05) is 18.0 Å². The topological polar surface area (TPSA) is 63.6 Å². The van der Waals surface area contributed by atoms with Crippen molar-refractivity contribution in [2.75, 3.05) is 5.75 Å². The monoisotopic (exact) mass is 208 g/mol. The van der Waals surface area contributed by atoms with Crippen LogP contribution in [0, 0.1) is 0 Å². The average molecular weight is 208 g/mol. The van der Waals surface area contributed by atoms with Crippen LogP contribution in [0.25, 0.3) is 0 Å². The quantitative estimate of drug-likeness (QED) is 0.465. The molecule has 0 aliphatic rings. The Balaban J connectivity index is 2.53. The minimum Gasteiger partial charge on any atom is -0.377 e. The summed E-state index contributed by atoms with van der Waals surface area (Å²) in [7, 11) is 0. The van der Waals surface area contributed by atoms with E-state index in [4.69, 9.17) is 5.73 Å². The van der Waals surface area contributed by atoms with Crippen LogP contribution in [-0.4, -0.2) is 22.1 Å². The molecule has 0 atom stereocenters. The SMILES string of the molecule is CCSC(N)=NN=Cc1cccnc1. The van der Waals surface area contributed by atoms with Gasteiger partial charge < -0.3 is 5.73 Å². The number of thioether (sulfide) groups is 1. The highest BCUT2D eigenvalue weighted by Crippen LogP contribution is 1.98. The highest BCUT2D eigenvalue weighted by molar-refractivity contribution is 8.13. The molecule has 0 fully saturated rings. The van der Waals surface area contributed by atoms with Crippen LogP contribution in [0.1, 0.15) is 12.5 Å². The van der Waals surface area contributed by atoms with E-state index >= 15 is 0 Å². The molecule has 4 nitrogen and oxygen atoms in total. The third-order valence-electron chi connectivity index (χ3n) is 1.34. The predicted molar refractivity (Wildman–Crippen MR) is 61.6 cm³/mol. The minimum atomic E-state index is 0.479. The van der Waals surface area contributed by atoms with E-state index in [2.05, 4.69) is 15.2 Å². The summed E-state index contributed by atoms with van der Waals surface area (Å²) >= 11 is 1.46. The van der Waals surface area contributed by atoms with Gasteiger partial charge in [-0.3, -0.25) is 4.98 Å². The smallest absolute Gasteiger partial charge is 0.180 e. The van der Waals surface area contributed by atoms with Crippen molar-refractivity contribution in [2.45, 2.75) is 6.92 Å². The van der Waals surface area contributed by atoms with E-state index in [-0.39, 0.29) is 0 Å². The first kappa shape index (κ1) is 10.7. The first-order chi connectivity index (χ1) is 6.83. The molecule has 0 aliphatic heterocycles. The third kappa shape index (κ3) is 4.04. The number of aromatic nitrogens is 1. The van der Waals surface area contributed by atoms with Crippen LogP contribution in [0.4, 0.5) is 0 Å². The number of amidine groups is 1. The predicted octanol–water partition coefficient (Wildman–Crippen LogP) is 1.48. The fraction of sp³-hybridized carbons (Fsp3) is 0.222. The zero-order valence-electron chi connectivity index (χ0n) is 7.92. The Morgan fingerprint density at radius 3 is 3.21 bits per heavy atom. The van der Waals surface area contributed by atoms with Gasteiger partial charge in [0.2, 0.25) is 0 Å². The van der Waals surface area contributed by atoms with Crippen molar-refractivity contribution in [1.29, 1.82) is 0 Å². The summed E-state index contributed by atoms with van der Waals surface area (Å²) in [5, 5.41) is 8.12. The Hall–Kier alpha value is -1.36. The maximum Gasteiger partial charge on any atom is 0.180 e. The summed E-state index contributed by atoms with van der Waals surface area (Å²) in [6.07, 6.45) is 5.04. The molecule has 74 valence electrons. The van der Waals surface area contributed by atoms with Crippen molar-refractivity contribution < 1.29 is 0 Å². The van der Waals surface area contributed by atoms with E-state index in [1.807, 2.05) is 19.1 Å². The first-order valence-electron chi connectivity index (χ1n) is 4.22. The van der Waals surface area contributed by atoms with E-state index in [0.717, 1.165) is 11.3 Å². The second kappa shape index (κ2) is 6.15. The summed E-state index contributed by atoms with van der Waals surface area (Å²) in [6, 6.07) is 3.74. The molecule has 0 spiro atoms. The lowest BCUT2D eigenvalue weighted by Crippen LogP contribution is -2.05. The molecule has 14 heavy (non-hydrogen) atoms. The molecule has 1 rings (SSSR count). The van der Waals surface area contributed by atoms with Crippen LogP contribution in [0.5, 0.6) is 0 Å². The molecule has 0 saturated carbocycles. The van der Waals surface area contributed by atoms with Crippen LogP contribution in [0.15, 0.2) is 34.7 Å². The Kier molecular flexibility index (Phi) is 4.71. The zero-order chi connectivity index (χ0) is 10.2. The van der Waals surface area contributed by atoms with E-state index in [0.29, 0.717) is 5.17 Å². The van der Waals surface area contributed by atoms with Crippen LogP contribution >= 0.6 is 11.8 Å². The molecule has 0 amide bonds. The third-order valence-corrected chi connectivity index (χ3v) is 2.01. The molecule has 1 aromatic rings. The number of pyridine rings is 1. The van der Waals surface area contributed by atoms with Crippen molar-refractivity contribution >= 4 is 23.1 Å². The fourth-order valence-electron chi connectivity index (χ4n) is 0.782. The van der Waals surface area contributed by atoms with Gasteiger partial charge in [0.1, 0.15) is 0 Å². The first-order valence-corrected chi connectivity index (χ1v) is 5.21. The van der Waals surface area contributed by atoms with Gasteiger partial charge in [-0.15, -0.1) is 5.10 Å². The number of hydrogen-bond donors (Lipinski definition) is 1. The Bertz CT molecular complexity index is 321. The van der Waals surface area contributed by atoms with Gasteiger partial charge in [-0.2, -0.15) is 5.10 Å². The van der Waals surface area contributed by atoms with Crippen molar-refractivity contribution in [3.05, 3.63) is 30.1 Å². The Morgan fingerprint density at radius 2 is 2.57 bits per heavy atom. The maximum atomic E-state index is 5.53. The molecule has 0 aromatic carbocycles. The van der Waals surface area contributed by atoms with Gasteiger partial charge in [0.15, 0.2) is 5.17 Å². The minimum absolute atomic E-state index is 0.479. The number of nitrogens with zero attached hydrogens (tertiary/aromatic N) is 3. The molecule has 0 radical (unpaired) electrons. The van der Waals surface area contributed by atoms with Crippen molar-refractivity contribution in [3.8, 4) is 0 Å². The summed E-state index contributed by atoms with van der Waals surface area (Å²) in [5.41, 5.74) is 6.44. The highest BCUT2D eigenvalue weighted by atomic mass is 32.2. The molecule has 0 saturated heterocycles. The van der Waals surface area contributed by atoms with E-state index in [1.54, 1.807) is 18.6 Å². The van der Waals surface area contributed by atoms with Gasteiger partial charge in [0.25, 0.3) is 0 Å². The van der Waals surface area contributed by atoms with E-state index in [9.17, 15) is 0 Å². The van der Waals surface area contributed by atoms with Crippen molar-refractivity contribution in [2.24, 2.45) is 15.9 Å². The lowest BCUT2D eigenvalue weighted by atomic mass is 10.3. The van der Waals surface area contributed by atoms with E-state index < -0.39 is 0 Å². The second-order valence-corrected chi connectivity index (χ2v) is 3.69. The average Bonchev–Trinajstić information content (AvgIpc) is 2.20. The lowest BCUT2D eigenvalue weighted by Gasteiger charge is -1.91. The molecule has 0 unspecified atom stereocenters. The Morgan fingerprint density at radius 1 is 1.71 bits per heavy atom. The maximum absolute atomic E-state index is 5.53. The van der Waals surface area contributed by atoms with Gasteiger partial charge in [-0.1, -0.05) is 24.8 Å². The molecule has 0 bridgehead atoms. The number of nitrogens with two attached hydrogens (primary N) is 1. The molecule has 5 heteroatoms. The molecule has 0 aliphatic carbocycles. The normalized spacial score (nSPS) is 12.2. The summed E-state index contributed by atoms with van der Waals surface area (Å²) in [5.74, 6) is 0.901. The van der Waals surface area contributed by atoms with Gasteiger partial charge in [0.05, 0.1) is 6.21 Å². The Labute approximate surface area is 87.3 Å². The van der Waals surface area contributed by atoms with E-state index in [1.165, 1.54) is 11.8 Å². The molecule has 1 aromatic heterocycles. The molecule has 2 N–H and O–H groups in total. The summed E-state index contributed by atoms with van der Waals surface area (Å²) in [4.78, 5) is 3.94. The molecular formula is C9H12N4S. The van der Waals surface area contributed by atoms with Gasteiger partial charge >= 0.3 is 0 Å². The van der Waals surface area contributed by atoms with Crippen LogP contribution in [-0.2, 0) is 0 Å². The zero-order valence-corrected chi connectivity index (χ0v) is 8.74. The fourth-order valence-corrected chi connectivity index (χ4v) is 1.18. The number of hydrogen-bond acceptors (Lipinski definition) is 4. The largest absolute Gasteiger partial charge is 0.377 e. The molecular weight excluding hydrogens is 196 g/mol. The van der Waals surface area contributed by atoms with Gasteiger partial charge in [-0.05, 0) is 11.8 Å². The van der Waals surface area contributed by atoms with Crippen LogP contribution in [0.3, 0.4) is 0 Å². The van der Waals surface area contributed by atoms with Crippen molar-refractivity contribution in [3.63, 3.8) is 0 Å². The van der Waals surface area contributed by atoms with Crippen LogP contribution in [0.2, 0.25) is 0 Å².